The minimum Gasteiger partial charge on any atom is -0.357 e. The fourth-order valence-corrected chi connectivity index (χ4v) is 2.18. The number of nitrogens with one attached hydrogen (secondary N) is 2. The van der Waals surface area contributed by atoms with E-state index in [1.807, 2.05) is 0 Å². The number of rotatable bonds is 1. The van der Waals surface area contributed by atoms with E-state index in [2.05, 4.69) is 27.0 Å². The van der Waals surface area contributed by atoms with Gasteiger partial charge in [-0.1, -0.05) is 25.8 Å². The van der Waals surface area contributed by atoms with Crippen LogP contribution in [0.3, 0.4) is 0 Å². The maximum absolute atomic E-state index is 7.59. The molecule has 1 heterocycles. The lowest BCUT2D eigenvalue weighted by molar-refractivity contribution is 0.160. The smallest absolute Gasteiger partial charge is 0.154 e. The molecule has 2 N–H and O–H groups in total. The third-order valence-electron chi connectivity index (χ3n) is 3.20. The maximum atomic E-state index is 7.59. The average Bonchev–Trinajstić information content (AvgIpc) is 2.44. The van der Waals surface area contributed by atoms with Gasteiger partial charge in [-0.05, 0) is 12.8 Å². The molecule has 1 saturated carbocycles. The van der Waals surface area contributed by atoms with Crippen molar-refractivity contribution in [2.75, 3.05) is 6.67 Å². The molecule has 0 aromatic carbocycles. The van der Waals surface area contributed by atoms with E-state index in [1.54, 1.807) is 12.6 Å². The summed E-state index contributed by atoms with van der Waals surface area (Å²) in [4.78, 5) is 3.93. The van der Waals surface area contributed by atoms with Gasteiger partial charge in [0, 0.05) is 11.6 Å². The van der Waals surface area contributed by atoms with Gasteiger partial charge in [0.05, 0.1) is 12.6 Å². The molecule has 0 saturated heterocycles. The predicted molar refractivity (Wildman–Crippen MR) is 70.6 cm³/mol. The first kappa shape index (κ1) is 11.8. The van der Waals surface area contributed by atoms with Crippen LogP contribution in [0.2, 0.25) is 0 Å². The van der Waals surface area contributed by atoms with Gasteiger partial charge < -0.3 is 5.32 Å². The molecular formula is C12H19N5. The molecular weight excluding hydrogens is 214 g/mol. The lowest BCUT2D eigenvalue weighted by Gasteiger charge is -2.31. The van der Waals surface area contributed by atoms with Crippen LogP contribution in [-0.2, 0) is 0 Å². The van der Waals surface area contributed by atoms with Crippen LogP contribution >= 0.6 is 0 Å². The second kappa shape index (κ2) is 5.61. The Bertz CT molecular complexity index is 352. The van der Waals surface area contributed by atoms with Gasteiger partial charge in [-0.2, -0.15) is 5.10 Å². The van der Waals surface area contributed by atoms with Crippen molar-refractivity contribution in [3.8, 4) is 0 Å². The predicted octanol–water partition coefficient (Wildman–Crippen LogP) is 1.73. The zero-order valence-corrected chi connectivity index (χ0v) is 10.0. The summed E-state index contributed by atoms with van der Waals surface area (Å²) in [6, 6.07) is 0.501. The molecule has 92 valence electrons. The zero-order valence-electron chi connectivity index (χ0n) is 10.0. The zero-order chi connectivity index (χ0) is 12.1. The summed E-state index contributed by atoms with van der Waals surface area (Å²) < 4.78 is 0. The fraction of sp³-hybridized carbons (Fsp3) is 0.583. The molecule has 5 nitrogen and oxygen atoms in total. The first-order valence-corrected chi connectivity index (χ1v) is 6.12. The van der Waals surface area contributed by atoms with Crippen molar-refractivity contribution < 1.29 is 0 Å². The molecule has 0 aromatic rings. The normalized spacial score (nSPS) is 24.8. The van der Waals surface area contributed by atoms with E-state index >= 15 is 0 Å². The van der Waals surface area contributed by atoms with Gasteiger partial charge in [-0.15, -0.1) is 0 Å². The Morgan fingerprint density at radius 2 is 2.12 bits per heavy atom. The van der Waals surface area contributed by atoms with Gasteiger partial charge in [0.1, 0.15) is 6.67 Å². The topological polar surface area (TPSA) is 63.8 Å². The van der Waals surface area contributed by atoms with E-state index < -0.39 is 0 Å². The van der Waals surface area contributed by atoms with Crippen molar-refractivity contribution in [2.45, 2.75) is 38.1 Å². The van der Waals surface area contributed by atoms with Crippen LogP contribution in [0.25, 0.3) is 0 Å². The molecule has 1 aliphatic carbocycles. The number of amidine groups is 1. The summed E-state index contributed by atoms with van der Waals surface area (Å²) >= 11 is 0. The quantitative estimate of drug-likeness (QED) is 0.724. The Balaban J connectivity index is 2.06. The van der Waals surface area contributed by atoms with Crippen LogP contribution in [-0.4, -0.2) is 36.1 Å². The van der Waals surface area contributed by atoms with E-state index in [-0.39, 0.29) is 5.84 Å². The molecule has 2 rings (SSSR count). The first-order valence-electron chi connectivity index (χ1n) is 6.12. The van der Waals surface area contributed by atoms with E-state index in [1.165, 1.54) is 32.1 Å². The number of hydrogen-bond acceptors (Lipinski definition) is 4. The third kappa shape index (κ3) is 3.15. The highest BCUT2D eigenvalue weighted by atomic mass is 15.5. The SMILES string of the molecule is C=C1/C=N\N(C2CCCCC2)CNC=NC1=N. The summed E-state index contributed by atoms with van der Waals surface area (Å²) in [6.45, 7) is 4.42. The van der Waals surface area contributed by atoms with Gasteiger partial charge in [-0.3, -0.25) is 10.4 Å². The first-order chi connectivity index (χ1) is 8.27. The highest BCUT2D eigenvalue weighted by molar-refractivity contribution is 6.15. The molecule has 0 spiro atoms. The molecule has 0 atom stereocenters. The number of nitrogens with zero attached hydrogens (tertiary/aromatic N) is 3. The highest BCUT2D eigenvalue weighted by Gasteiger charge is 2.19. The van der Waals surface area contributed by atoms with Crippen molar-refractivity contribution in [3.05, 3.63) is 12.2 Å². The molecule has 0 radical (unpaired) electrons. The third-order valence-corrected chi connectivity index (χ3v) is 3.20. The second-order valence-corrected chi connectivity index (χ2v) is 4.47. The Morgan fingerprint density at radius 3 is 2.88 bits per heavy atom. The maximum Gasteiger partial charge on any atom is 0.154 e. The lowest BCUT2D eigenvalue weighted by Crippen LogP contribution is -2.38. The van der Waals surface area contributed by atoms with E-state index in [4.69, 9.17) is 5.41 Å². The van der Waals surface area contributed by atoms with Gasteiger partial charge in [-0.25, -0.2) is 4.99 Å². The van der Waals surface area contributed by atoms with Crippen LogP contribution in [0.15, 0.2) is 22.2 Å². The van der Waals surface area contributed by atoms with Crippen molar-refractivity contribution >= 4 is 18.4 Å². The average molecular weight is 233 g/mol. The Hall–Kier alpha value is -1.65. The standard InChI is InChI=1S/C12H19N5/c1-10-7-16-17(9-14-8-15-12(10)13)11-5-3-2-4-6-11/h7-8,11H,1-6,9H2,(H2,13,14,15)/b16-7-. The largest absolute Gasteiger partial charge is 0.357 e. The summed E-state index contributed by atoms with van der Waals surface area (Å²) in [5, 5.41) is 17.1. The molecule has 0 bridgehead atoms. The number of hydrogen-bond donors (Lipinski definition) is 2. The van der Waals surface area contributed by atoms with Gasteiger partial charge in [0.25, 0.3) is 0 Å². The Labute approximate surface area is 102 Å². The minimum atomic E-state index is 0.159. The summed E-state index contributed by atoms with van der Waals surface area (Å²) in [5.41, 5.74) is 0.547. The molecule has 1 aliphatic heterocycles. The van der Waals surface area contributed by atoms with Crippen molar-refractivity contribution in [3.63, 3.8) is 0 Å². The highest BCUT2D eigenvalue weighted by Crippen LogP contribution is 2.22. The van der Waals surface area contributed by atoms with Crippen LogP contribution in [0.4, 0.5) is 0 Å². The van der Waals surface area contributed by atoms with E-state index in [0.717, 1.165) is 0 Å². The van der Waals surface area contributed by atoms with Gasteiger partial charge in [0.2, 0.25) is 0 Å². The second-order valence-electron chi connectivity index (χ2n) is 4.47. The molecule has 17 heavy (non-hydrogen) atoms. The summed E-state index contributed by atoms with van der Waals surface area (Å²) in [5.74, 6) is 0.159. The Morgan fingerprint density at radius 1 is 1.35 bits per heavy atom. The molecule has 2 aliphatic rings. The molecule has 0 amide bonds. The number of hydrazone groups is 1. The van der Waals surface area contributed by atoms with Gasteiger partial charge >= 0.3 is 0 Å². The van der Waals surface area contributed by atoms with E-state index in [9.17, 15) is 0 Å². The molecule has 0 unspecified atom stereocenters. The molecule has 5 heteroatoms. The monoisotopic (exact) mass is 233 g/mol. The molecule has 0 aromatic heterocycles. The van der Waals surface area contributed by atoms with Crippen LogP contribution in [0.5, 0.6) is 0 Å². The van der Waals surface area contributed by atoms with Crippen LogP contribution in [0, 0.1) is 5.41 Å². The van der Waals surface area contributed by atoms with Gasteiger partial charge in [0.15, 0.2) is 5.84 Å². The summed E-state index contributed by atoms with van der Waals surface area (Å²) in [6.07, 6.45) is 9.48. The van der Waals surface area contributed by atoms with Crippen molar-refractivity contribution in [2.24, 2.45) is 10.1 Å². The van der Waals surface area contributed by atoms with Crippen molar-refractivity contribution in [1.29, 1.82) is 5.41 Å². The number of aliphatic imine (C=N–C) groups is 1. The van der Waals surface area contributed by atoms with E-state index in [0.29, 0.717) is 18.3 Å². The van der Waals surface area contributed by atoms with Crippen LogP contribution in [0.1, 0.15) is 32.1 Å². The Kier molecular flexibility index (Phi) is 3.90. The molecule has 1 fully saturated rings. The minimum absolute atomic E-state index is 0.159. The van der Waals surface area contributed by atoms with Crippen LogP contribution < -0.4 is 5.32 Å². The lowest BCUT2D eigenvalue weighted by atomic mass is 9.95. The van der Waals surface area contributed by atoms with Crippen molar-refractivity contribution in [1.82, 2.24) is 10.3 Å². The summed E-state index contributed by atoms with van der Waals surface area (Å²) in [7, 11) is 0. The fourth-order valence-electron chi connectivity index (χ4n) is 2.18.